The van der Waals surface area contributed by atoms with Crippen LogP contribution in [0.5, 0.6) is 0 Å². The summed E-state index contributed by atoms with van der Waals surface area (Å²) in [4.78, 5) is 26.8. The number of benzene rings is 1. The van der Waals surface area contributed by atoms with Crippen LogP contribution in [0.3, 0.4) is 0 Å². The van der Waals surface area contributed by atoms with Crippen molar-refractivity contribution in [1.29, 1.82) is 0 Å². The van der Waals surface area contributed by atoms with E-state index in [4.69, 9.17) is 22.3 Å². The second kappa shape index (κ2) is 8.80. The zero-order chi connectivity index (χ0) is 23.8. The molecule has 1 atom stereocenters. The third-order valence-corrected chi connectivity index (χ3v) is 6.07. The maximum Gasteiger partial charge on any atom is 0.263 e. The summed E-state index contributed by atoms with van der Waals surface area (Å²) < 4.78 is 3.45. The summed E-state index contributed by atoms with van der Waals surface area (Å²) in [6, 6.07) is 6.95. The Morgan fingerprint density at radius 2 is 2.09 bits per heavy atom. The van der Waals surface area contributed by atoms with Crippen molar-refractivity contribution >= 4 is 34.1 Å². The van der Waals surface area contributed by atoms with Gasteiger partial charge in [-0.3, -0.25) is 14.0 Å². The fourth-order valence-electron chi connectivity index (χ4n) is 3.91. The minimum atomic E-state index is -0.304. The van der Waals surface area contributed by atoms with Crippen molar-refractivity contribution in [2.24, 2.45) is 7.05 Å². The number of nitrogens with one attached hydrogen (secondary N) is 1. The molecule has 5 rings (SSSR count). The van der Waals surface area contributed by atoms with Gasteiger partial charge in [-0.05, 0) is 43.4 Å². The van der Waals surface area contributed by atoms with Gasteiger partial charge >= 0.3 is 0 Å². The fourth-order valence-corrected chi connectivity index (χ4v) is 4.16. The van der Waals surface area contributed by atoms with Gasteiger partial charge in [0.05, 0.1) is 22.0 Å². The number of aryl methyl sites for hydroxylation is 1. The summed E-state index contributed by atoms with van der Waals surface area (Å²) in [6.45, 7) is 2.02. The Hall–Kier alpha value is -3.90. The standard InChI is InChI=1S/C24H23ClN8O/c1-3-18(23-30-19-6-4-5-17(25)20(19)24(34)33(23)15-8-9-15)29-22-16(21(26)27-13-28-22)10-7-14-11-12-32(2)31-14/h4-6,11-13,15,18H,3,8-9H2,1-2H3,(H3,26,27,28,29)/t18-/m0/s1. The van der Waals surface area contributed by atoms with Gasteiger partial charge in [-0.15, -0.1) is 0 Å². The molecule has 0 unspecified atom stereocenters. The first-order chi connectivity index (χ1) is 16.5. The second-order valence-electron chi connectivity index (χ2n) is 8.22. The van der Waals surface area contributed by atoms with Crippen LogP contribution in [0.4, 0.5) is 11.6 Å². The lowest BCUT2D eigenvalue weighted by molar-refractivity contribution is 0.578. The maximum absolute atomic E-state index is 13.4. The molecule has 34 heavy (non-hydrogen) atoms. The highest BCUT2D eigenvalue weighted by Gasteiger charge is 2.31. The van der Waals surface area contributed by atoms with Crippen LogP contribution < -0.4 is 16.6 Å². The number of aromatic nitrogens is 6. The van der Waals surface area contributed by atoms with Crippen LogP contribution in [0.15, 0.2) is 41.6 Å². The van der Waals surface area contributed by atoms with E-state index in [0.717, 1.165) is 12.8 Å². The highest BCUT2D eigenvalue weighted by Crippen LogP contribution is 2.37. The molecule has 0 spiro atoms. The van der Waals surface area contributed by atoms with Gasteiger partial charge in [0.2, 0.25) is 0 Å². The molecular formula is C24H23ClN8O. The number of nitrogen functional groups attached to an aromatic ring is 1. The Balaban J connectivity index is 1.59. The van der Waals surface area contributed by atoms with Crippen LogP contribution in [0.25, 0.3) is 10.9 Å². The molecule has 0 aliphatic heterocycles. The highest BCUT2D eigenvalue weighted by atomic mass is 35.5. The summed E-state index contributed by atoms with van der Waals surface area (Å²) in [6.07, 6.45) is 5.72. The monoisotopic (exact) mass is 474 g/mol. The van der Waals surface area contributed by atoms with Crippen LogP contribution >= 0.6 is 11.6 Å². The van der Waals surface area contributed by atoms with Gasteiger partial charge in [-0.2, -0.15) is 5.10 Å². The second-order valence-corrected chi connectivity index (χ2v) is 8.63. The van der Waals surface area contributed by atoms with Crippen LogP contribution in [0.2, 0.25) is 5.02 Å². The van der Waals surface area contributed by atoms with Crippen molar-refractivity contribution in [3.8, 4) is 11.8 Å². The molecule has 1 aliphatic rings. The van der Waals surface area contributed by atoms with Crippen LogP contribution in [0.1, 0.15) is 55.4 Å². The summed E-state index contributed by atoms with van der Waals surface area (Å²) in [5.41, 5.74) is 7.68. The molecule has 172 valence electrons. The Morgan fingerprint density at radius 1 is 1.26 bits per heavy atom. The molecular weight excluding hydrogens is 452 g/mol. The molecule has 1 aliphatic carbocycles. The average molecular weight is 475 g/mol. The number of nitrogens with two attached hydrogens (primary N) is 1. The Kier molecular flexibility index (Phi) is 5.67. The van der Waals surface area contributed by atoms with Gasteiger partial charge in [0, 0.05) is 19.3 Å². The predicted octanol–water partition coefficient (Wildman–Crippen LogP) is 3.45. The lowest BCUT2D eigenvalue weighted by Gasteiger charge is -2.22. The van der Waals surface area contributed by atoms with E-state index in [2.05, 4.69) is 32.2 Å². The SMILES string of the molecule is CC[C@H](Nc1ncnc(N)c1C#Cc1ccn(C)n1)c1nc2cccc(Cl)c2c(=O)n1C1CC1. The number of hydrogen-bond donors (Lipinski definition) is 2. The minimum Gasteiger partial charge on any atom is -0.382 e. The zero-order valence-electron chi connectivity index (χ0n) is 18.8. The Morgan fingerprint density at radius 3 is 2.79 bits per heavy atom. The molecule has 9 nitrogen and oxygen atoms in total. The largest absolute Gasteiger partial charge is 0.382 e. The fraction of sp³-hybridized carbons (Fsp3) is 0.292. The number of halogens is 1. The quantitative estimate of drug-likeness (QED) is 0.425. The van der Waals surface area contributed by atoms with Crippen LogP contribution in [-0.2, 0) is 7.05 Å². The maximum atomic E-state index is 13.4. The van der Waals surface area contributed by atoms with Crippen LogP contribution in [0, 0.1) is 11.8 Å². The predicted molar refractivity (Wildman–Crippen MR) is 132 cm³/mol. The Labute approximate surface area is 201 Å². The molecule has 3 N–H and O–H groups in total. The van der Waals surface area contributed by atoms with E-state index in [1.54, 1.807) is 21.4 Å². The molecule has 4 aromatic rings. The van der Waals surface area contributed by atoms with Gasteiger partial charge in [0.15, 0.2) is 0 Å². The number of fused-ring (bicyclic) bond motifs is 1. The van der Waals surface area contributed by atoms with Gasteiger partial charge in [-0.25, -0.2) is 15.0 Å². The van der Waals surface area contributed by atoms with E-state index in [1.807, 2.05) is 32.3 Å². The van der Waals surface area contributed by atoms with Crippen molar-refractivity contribution in [2.75, 3.05) is 11.1 Å². The lowest BCUT2D eigenvalue weighted by Crippen LogP contribution is -2.29. The Bertz CT molecular complexity index is 1510. The van der Waals surface area contributed by atoms with E-state index in [9.17, 15) is 4.79 Å². The molecule has 0 amide bonds. The van der Waals surface area contributed by atoms with Gasteiger partial charge in [0.1, 0.15) is 35.0 Å². The molecule has 0 bridgehead atoms. The average Bonchev–Trinajstić information content (AvgIpc) is 3.56. The summed E-state index contributed by atoms with van der Waals surface area (Å²) in [5, 5.41) is 8.54. The summed E-state index contributed by atoms with van der Waals surface area (Å²) in [7, 11) is 1.83. The zero-order valence-corrected chi connectivity index (χ0v) is 19.5. The summed E-state index contributed by atoms with van der Waals surface area (Å²) in [5.74, 6) is 7.43. The number of hydrogen-bond acceptors (Lipinski definition) is 7. The van der Waals surface area contributed by atoms with Crippen molar-refractivity contribution in [2.45, 2.75) is 38.3 Å². The van der Waals surface area contributed by atoms with Gasteiger partial charge in [0.25, 0.3) is 5.56 Å². The first-order valence-corrected chi connectivity index (χ1v) is 11.4. The number of rotatable bonds is 5. The molecule has 3 heterocycles. The van der Waals surface area contributed by atoms with Crippen molar-refractivity contribution in [3.05, 3.63) is 69.2 Å². The van der Waals surface area contributed by atoms with E-state index in [-0.39, 0.29) is 23.5 Å². The molecule has 1 saturated carbocycles. The van der Waals surface area contributed by atoms with E-state index in [0.29, 0.717) is 45.2 Å². The van der Waals surface area contributed by atoms with Gasteiger partial charge < -0.3 is 11.1 Å². The first-order valence-electron chi connectivity index (χ1n) is 11.1. The molecule has 1 fully saturated rings. The highest BCUT2D eigenvalue weighted by molar-refractivity contribution is 6.35. The third-order valence-electron chi connectivity index (χ3n) is 5.75. The number of anilines is 2. The molecule has 3 aromatic heterocycles. The van der Waals surface area contributed by atoms with Gasteiger partial charge in [-0.1, -0.05) is 30.5 Å². The third kappa shape index (κ3) is 4.08. The molecule has 10 heteroatoms. The molecule has 0 saturated heterocycles. The lowest BCUT2D eigenvalue weighted by atomic mass is 10.1. The number of nitrogens with zero attached hydrogens (tertiary/aromatic N) is 6. The van der Waals surface area contributed by atoms with E-state index >= 15 is 0 Å². The normalized spacial score (nSPS) is 14.0. The smallest absolute Gasteiger partial charge is 0.263 e. The van der Waals surface area contributed by atoms with Crippen molar-refractivity contribution in [1.82, 2.24) is 29.3 Å². The summed E-state index contributed by atoms with van der Waals surface area (Å²) >= 11 is 6.36. The minimum absolute atomic E-state index is 0.116. The first kappa shape index (κ1) is 21.9. The van der Waals surface area contributed by atoms with Crippen LogP contribution in [-0.4, -0.2) is 29.3 Å². The van der Waals surface area contributed by atoms with E-state index in [1.165, 1.54) is 6.33 Å². The van der Waals surface area contributed by atoms with E-state index < -0.39 is 0 Å². The molecule has 0 radical (unpaired) electrons. The van der Waals surface area contributed by atoms with Crippen molar-refractivity contribution < 1.29 is 0 Å². The topological polar surface area (TPSA) is 117 Å². The van der Waals surface area contributed by atoms with Crippen molar-refractivity contribution in [3.63, 3.8) is 0 Å². The molecule has 1 aromatic carbocycles.